The summed E-state index contributed by atoms with van der Waals surface area (Å²) in [5.41, 5.74) is 1.46. The molecule has 0 unspecified atom stereocenters. The molecule has 0 radical (unpaired) electrons. The first-order valence-electron chi connectivity index (χ1n) is 10.0. The highest BCUT2D eigenvalue weighted by Crippen LogP contribution is 2.35. The fraction of sp³-hybridized carbons (Fsp3) is 0. The molecule has 0 bridgehead atoms. The lowest BCUT2D eigenvalue weighted by Crippen LogP contribution is -2.06. The molecular weight excluding hydrogens is 584 g/mol. The van der Waals surface area contributed by atoms with E-state index >= 15 is 0 Å². The van der Waals surface area contributed by atoms with Gasteiger partial charge in [0.1, 0.15) is 0 Å². The number of ether oxygens (including phenoxy) is 2. The maximum atomic E-state index is 12.5. The zero-order chi connectivity index (χ0) is 24.9. The predicted molar refractivity (Wildman–Crippen MR) is 137 cm³/mol. The van der Waals surface area contributed by atoms with Crippen molar-refractivity contribution in [1.82, 2.24) is 0 Å². The van der Waals surface area contributed by atoms with Crippen molar-refractivity contribution in [2.75, 3.05) is 0 Å². The van der Waals surface area contributed by atoms with E-state index < -0.39 is 16.9 Å². The van der Waals surface area contributed by atoms with E-state index in [4.69, 9.17) is 9.47 Å². The van der Waals surface area contributed by atoms with Crippen molar-refractivity contribution in [1.29, 1.82) is 0 Å². The topological polar surface area (TPSA) is 108 Å². The summed E-state index contributed by atoms with van der Waals surface area (Å²) in [5, 5.41) is 10.9. The van der Waals surface area contributed by atoms with Crippen molar-refractivity contribution < 1.29 is 24.0 Å². The molecule has 0 saturated carbocycles. The predicted octanol–water partition coefficient (Wildman–Crippen LogP) is 6.08. The summed E-state index contributed by atoms with van der Waals surface area (Å²) in [4.78, 5) is 39.6. The van der Waals surface area contributed by atoms with Crippen LogP contribution in [-0.4, -0.2) is 22.8 Å². The Balaban J connectivity index is 1.61. The minimum atomic E-state index is -0.721. The number of nitro benzene ring substituents is 1. The molecule has 1 aliphatic heterocycles. The second kappa shape index (κ2) is 10.6. The summed E-state index contributed by atoms with van der Waals surface area (Å²) in [6.07, 6.45) is 4.02. The molecule has 0 aromatic heterocycles. The van der Waals surface area contributed by atoms with E-state index in [1.807, 2.05) is 6.07 Å². The lowest BCUT2D eigenvalue weighted by Gasteiger charge is -2.09. The summed E-state index contributed by atoms with van der Waals surface area (Å²) >= 11 is 6.76. The molecule has 0 atom stereocenters. The van der Waals surface area contributed by atoms with Gasteiger partial charge in [0.15, 0.2) is 11.4 Å². The van der Waals surface area contributed by atoms with Crippen LogP contribution in [0.5, 0.6) is 5.75 Å². The van der Waals surface area contributed by atoms with Crippen molar-refractivity contribution in [2.24, 2.45) is 4.99 Å². The van der Waals surface area contributed by atoms with Crippen LogP contribution in [0.1, 0.15) is 16.7 Å². The highest BCUT2D eigenvalue weighted by molar-refractivity contribution is 9.11. The Hall–Kier alpha value is -3.89. The number of esters is 2. The van der Waals surface area contributed by atoms with Gasteiger partial charge in [0.25, 0.3) is 5.69 Å². The number of nitro groups is 1. The molecule has 174 valence electrons. The van der Waals surface area contributed by atoms with E-state index in [1.54, 1.807) is 42.5 Å². The molecule has 3 aromatic rings. The van der Waals surface area contributed by atoms with Crippen LogP contribution in [-0.2, 0) is 14.3 Å². The standard InChI is InChI=1S/C25H14Br2N2O6/c26-18-12-17(13-21-25(31)35-24(28-21)16-6-2-1-3-7-16)23(20(27)14-18)34-22(30)10-9-15-5-4-8-19(11-15)29(32)33/h1-14H/b10-9+,21-13-. The molecule has 8 nitrogen and oxygen atoms in total. The van der Waals surface area contributed by atoms with Gasteiger partial charge in [-0.15, -0.1) is 0 Å². The lowest BCUT2D eigenvalue weighted by atomic mass is 10.1. The number of cyclic esters (lactones) is 1. The van der Waals surface area contributed by atoms with Crippen molar-refractivity contribution in [3.05, 3.63) is 114 Å². The molecule has 4 rings (SSSR count). The van der Waals surface area contributed by atoms with Crippen molar-refractivity contribution >= 4 is 67.5 Å². The monoisotopic (exact) mass is 596 g/mol. The minimum absolute atomic E-state index is 0.0401. The second-order valence-corrected chi connectivity index (χ2v) is 8.88. The molecule has 0 amide bonds. The lowest BCUT2D eigenvalue weighted by molar-refractivity contribution is -0.384. The van der Waals surface area contributed by atoms with Gasteiger partial charge >= 0.3 is 11.9 Å². The first kappa shape index (κ1) is 24.2. The Kier molecular flexibility index (Phi) is 7.33. The van der Waals surface area contributed by atoms with Gasteiger partial charge in [0.2, 0.25) is 5.90 Å². The normalized spacial score (nSPS) is 14.2. The van der Waals surface area contributed by atoms with Gasteiger partial charge in [-0.25, -0.2) is 14.6 Å². The molecule has 0 fully saturated rings. The van der Waals surface area contributed by atoms with E-state index in [2.05, 4.69) is 36.9 Å². The summed E-state index contributed by atoms with van der Waals surface area (Å²) in [5.74, 6) is -1.02. The van der Waals surface area contributed by atoms with Crippen LogP contribution < -0.4 is 4.74 Å². The SMILES string of the molecule is O=C(/C=C/c1cccc([N+](=O)[O-])c1)Oc1c(Br)cc(Br)cc1/C=C1\N=C(c2ccccc2)OC1=O. The van der Waals surface area contributed by atoms with Crippen molar-refractivity contribution in [3.8, 4) is 5.75 Å². The third kappa shape index (κ3) is 5.97. The number of rotatable bonds is 6. The third-order valence-electron chi connectivity index (χ3n) is 4.67. The molecule has 0 spiro atoms. The smallest absolute Gasteiger partial charge is 0.363 e. The first-order chi connectivity index (χ1) is 16.8. The second-order valence-electron chi connectivity index (χ2n) is 7.11. The number of benzene rings is 3. The summed E-state index contributed by atoms with van der Waals surface area (Å²) < 4.78 is 11.9. The van der Waals surface area contributed by atoms with E-state index in [0.29, 0.717) is 25.6 Å². The highest BCUT2D eigenvalue weighted by Gasteiger charge is 2.25. The molecule has 0 aliphatic carbocycles. The number of hydrogen-bond donors (Lipinski definition) is 0. The fourth-order valence-electron chi connectivity index (χ4n) is 3.10. The van der Waals surface area contributed by atoms with Gasteiger partial charge in [-0.2, -0.15) is 0 Å². The minimum Gasteiger partial charge on any atom is -0.422 e. The Labute approximate surface area is 216 Å². The first-order valence-corrected chi connectivity index (χ1v) is 11.6. The fourth-order valence-corrected chi connectivity index (χ4v) is 4.44. The number of halogens is 2. The number of non-ortho nitro benzene ring substituents is 1. The molecule has 3 aromatic carbocycles. The van der Waals surface area contributed by atoms with Crippen LogP contribution in [0.2, 0.25) is 0 Å². The van der Waals surface area contributed by atoms with Gasteiger partial charge in [0, 0.05) is 33.8 Å². The van der Waals surface area contributed by atoms with Crippen LogP contribution in [0.4, 0.5) is 5.69 Å². The van der Waals surface area contributed by atoms with Crippen LogP contribution in [0, 0.1) is 10.1 Å². The molecule has 1 heterocycles. The maximum Gasteiger partial charge on any atom is 0.363 e. The summed E-state index contributed by atoms with van der Waals surface area (Å²) in [6.45, 7) is 0. The Morgan fingerprint density at radius 1 is 1.06 bits per heavy atom. The molecule has 1 aliphatic rings. The van der Waals surface area contributed by atoms with E-state index in [1.165, 1.54) is 30.4 Å². The van der Waals surface area contributed by atoms with Gasteiger partial charge in [-0.05, 0) is 57.9 Å². The van der Waals surface area contributed by atoms with Crippen LogP contribution in [0.15, 0.2) is 92.4 Å². The highest BCUT2D eigenvalue weighted by atomic mass is 79.9. The van der Waals surface area contributed by atoms with Crippen LogP contribution in [0.25, 0.3) is 12.2 Å². The van der Waals surface area contributed by atoms with E-state index in [-0.39, 0.29) is 23.0 Å². The van der Waals surface area contributed by atoms with Crippen LogP contribution >= 0.6 is 31.9 Å². The Morgan fingerprint density at radius 2 is 1.83 bits per heavy atom. The summed E-state index contributed by atoms with van der Waals surface area (Å²) in [6, 6.07) is 18.2. The van der Waals surface area contributed by atoms with Crippen molar-refractivity contribution in [2.45, 2.75) is 0 Å². The molecule has 35 heavy (non-hydrogen) atoms. The van der Waals surface area contributed by atoms with E-state index in [9.17, 15) is 19.7 Å². The number of carbonyl (C=O) groups is 2. The van der Waals surface area contributed by atoms with Crippen LogP contribution in [0.3, 0.4) is 0 Å². The average Bonchev–Trinajstić information content (AvgIpc) is 3.20. The molecular formula is C25H14Br2N2O6. The van der Waals surface area contributed by atoms with Gasteiger partial charge in [-0.3, -0.25) is 10.1 Å². The zero-order valence-electron chi connectivity index (χ0n) is 17.7. The molecule has 0 saturated heterocycles. The summed E-state index contributed by atoms with van der Waals surface area (Å²) in [7, 11) is 0. The van der Waals surface area contributed by atoms with Gasteiger partial charge < -0.3 is 9.47 Å². The maximum absolute atomic E-state index is 12.5. The Morgan fingerprint density at radius 3 is 2.57 bits per heavy atom. The number of carbonyl (C=O) groups excluding carboxylic acids is 2. The number of hydrogen-bond acceptors (Lipinski definition) is 7. The average molecular weight is 598 g/mol. The largest absolute Gasteiger partial charge is 0.422 e. The third-order valence-corrected chi connectivity index (χ3v) is 5.71. The molecule has 0 N–H and O–H groups in total. The molecule has 10 heteroatoms. The quantitative estimate of drug-likeness (QED) is 0.112. The van der Waals surface area contributed by atoms with Gasteiger partial charge in [-0.1, -0.05) is 46.3 Å². The number of aliphatic imine (C=N–C) groups is 1. The van der Waals surface area contributed by atoms with Crippen molar-refractivity contribution in [3.63, 3.8) is 0 Å². The van der Waals surface area contributed by atoms with Gasteiger partial charge in [0.05, 0.1) is 9.40 Å². The zero-order valence-corrected chi connectivity index (χ0v) is 20.9. The Bertz CT molecular complexity index is 1430. The number of nitrogens with zero attached hydrogens (tertiary/aromatic N) is 2. The van der Waals surface area contributed by atoms with E-state index in [0.717, 1.165) is 6.08 Å².